The first-order valence-electron chi connectivity index (χ1n) is 8.89. The van der Waals surface area contributed by atoms with Crippen LogP contribution in [-0.4, -0.2) is 57.3 Å². The summed E-state index contributed by atoms with van der Waals surface area (Å²) >= 11 is 0. The van der Waals surface area contributed by atoms with Gasteiger partial charge in [-0.1, -0.05) is 19.1 Å². The summed E-state index contributed by atoms with van der Waals surface area (Å²) < 4.78 is 43.9. The number of nitrogens with one attached hydrogen (secondary N) is 2. The third-order valence-corrected chi connectivity index (χ3v) is 4.34. The molecule has 146 valence electrons. The molecule has 0 saturated carbocycles. The lowest BCUT2D eigenvalue weighted by molar-refractivity contribution is -0.137. The van der Waals surface area contributed by atoms with Crippen molar-refractivity contribution in [2.75, 3.05) is 46.4 Å². The lowest BCUT2D eigenvalue weighted by Gasteiger charge is -2.35. The molecule has 2 rings (SSSR count). The fraction of sp³-hybridized carbons (Fsp3) is 0.611. The van der Waals surface area contributed by atoms with Gasteiger partial charge >= 0.3 is 6.18 Å². The molecule has 1 unspecified atom stereocenters. The van der Waals surface area contributed by atoms with E-state index in [2.05, 4.69) is 27.4 Å². The zero-order valence-electron chi connectivity index (χ0n) is 15.3. The number of aliphatic imine (C=N–C) groups is 1. The van der Waals surface area contributed by atoms with Gasteiger partial charge in [0.15, 0.2) is 5.96 Å². The van der Waals surface area contributed by atoms with Crippen LogP contribution in [0.5, 0.6) is 0 Å². The van der Waals surface area contributed by atoms with Crippen LogP contribution in [0.25, 0.3) is 0 Å². The third-order valence-electron chi connectivity index (χ3n) is 4.34. The number of halogens is 3. The quantitative estimate of drug-likeness (QED) is 0.595. The van der Waals surface area contributed by atoms with Crippen LogP contribution in [0.2, 0.25) is 0 Å². The van der Waals surface area contributed by atoms with Gasteiger partial charge in [0, 0.05) is 33.2 Å². The minimum Gasteiger partial charge on any atom is -0.379 e. The Morgan fingerprint density at radius 3 is 2.38 bits per heavy atom. The van der Waals surface area contributed by atoms with Crippen LogP contribution in [0.15, 0.2) is 29.3 Å². The van der Waals surface area contributed by atoms with Gasteiger partial charge in [0.2, 0.25) is 0 Å². The number of rotatable bonds is 6. The van der Waals surface area contributed by atoms with Crippen molar-refractivity contribution in [3.05, 3.63) is 35.4 Å². The molecule has 1 fully saturated rings. The van der Waals surface area contributed by atoms with Crippen molar-refractivity contribution >= 4 is 5.96 Å². The summed E-state index contributed by atoms with van der Waals surface area (Å²) in [4.78, 5) is 6.41. The van der Waals surface area contributed by atoms with Crippen molar-refractivity contribution in [1.82, 2.24) is 15.5 Å². The average Bonchev–Trinajstić information content (AvgIpc) is 2.65. The van der Waals surface area contributed by atoms with Crippen molar-refractivity contribution in [2.24, 2.45) is 4.99 Å². The fourth-order valence-electron chi connectivity index (χ4n) is 2.90. The lowest BCUT2D eigenvalue weighted by Crippen LogP contribution is -2.46. The van der Waals surface area contributed by atoms with E-state index < -0.39 is 11.7 Å². The van der Waals surface area contributed by atoms with E-state index in [1.54, 1.807) is 19.2 Å². The van der Waals surface area contributed by atoms with E-state index in [-0.39, 0.29) is 6.04 Å². The van der Waals surface area contributed by atoms with E-state index in [1.165, 1.54) is 0 Å². The van der Waals surface area contributed by atoms with Crippen LogP contribution < -0.4 is 10.6 Å². The highest BCUT2D eigenvalue weighted by Crippen LogP contribution is 2.31. The number of hydrogen-bond donors (Lipinski definition) is 2. The molecular formula is C18H27F3N4O. The van der Waals surface area contributed by atoms with Crippen molar-refractivity contribution in [3.8, 4) is 0 Å². The monoisotopic (exact) mass is 372 g/mol. The van der Waals surface area contributed by atoms with Crippen molar-refractivity contribution < 1.29 is 17.9 Å². The molecule has 1 aromatic rings. The Labute approximate surface area is 152 Å². The standard InChI is InChI=1S/C18H27F3N4O/c1-3-8-23-17(22-2)24-13-16(25-9-11-26-12-10-25)14-4-6-15(7-5-14)18(19,20)21/h4-7,16H,3,8-13H2,1-2H3,(H2,22,23,24). The molecule has 2 N–H and O–H groups in total. The molecule has 1 heterocycles. The molecule has 26 heavy (non-hydrogen) atoms. The van der Waals surface area contributed by atoms with Gasteiger partial charge in [-0.2, -0.15) is 13.2 Å². The molecule has 0 amide bonds. The maximum Gasteiger partial charge on any atom is 0.416 e. The Bertz CT molecular complexity index is 569. The number of hydrogen-bond acceptors (Lipinski definition) is 3. The SMILES string of the molecule is CCCNC(=NC)NCC(c1ccc(C(F)(F)F)cc1)N1CCOCC1. The lowest BCUT2D eigenvalue weighted by atomic mass is 10.0. The fourth-order valence-corrected chi connectivity index (χ4v) is 2.90. The second-order valence-corrected chi connectivity index (χ2v) is 6.16. The van der Waals surface area contributed by atoms with E-state index in [0.717, 1.165) is 43.8 Å². The van der Waals surface area contributed by atoms with Crippen LogP contribution in [0.3, 0.4) is 0 Å². The van der Waals surface area contributed by atoms with Gasteiger partial charge in [-0.15, -0.1) is 0 Å². The van der Waals surface area contributed by atoms with E-state index in [0.29, 0.717) is 25.7 Å². The molecule has 8 heteroatoms. The highest BCUT2D eigenvalue weighted by molar-refractivity contribution is 5.79. The molecule has 1 aromatic carbocycles. The smallest absolute Gasteiger partial charge is 0.379 e. The van der Waals surface area contributed by atoms with Gasteiger partial charge in [0.25, 0.3) is 0 Å². The average molecular weight is 372 g/mol. The molecule has 0 bridgehead atoms. The van der Waals surface area contributed by atoms with Gasteiger partial charge in [-0.3, -0.25) is 9.89 Å². The Morgan fingerprint density at radius 2 is 1.85 bits per heavy atom. The van der Waals surface area contributed by atoms with Gasteiger partial charge in [-0.25, -0.2) is 0 Å². The maximum atomic E-state index is 12.8. The van der Waals surface area contributed by atoms with Crippen molar-refractivity contribution in [2.45, 2.75) is 25.6 Å². The number of ether oxygens (including phenoxy) is 1. The van der Waals surface area contributed by atoms with Crippen LogP contribution in [0, 0.1) is 0 Å². The summed E-state index contributed by atoms with van der Waals surface area (Å²) in [6, 6.07) is 5.36. The Hall–Kier alpha value is -1.80. The predicted molar refractivity (Wildman–Crippen MR) is 96.2 cm³/mol. The number of nitrogens with zero attached hydrogens (tertiary/aromatic N) is 2. The van der Waals surface area contributed by atoms with Crippen LogP contribution in [-0.2, 0) is 10.9 Å². The van der Waals surface area contributed by atoms with Crippen molar-refractivity contribution in [1.29, 1.82) is 0 Å². The molecule has 0 spiro atoms. The van der Waals surface area contributed by atoms with Gasteiger partial charge in [0.05, 0.1) is 24.8 Å². The van der Waals surface area contributed by atoms with E-state index in [4.69, 9.17) is 4.74 Å². The molecule has 1 saturated heterocycles. The first-order valence-corrected chi connectivity index (χ1v) is 8.89. The number of morpholine rings is 1. The molecule has 1 atom stereocenters. The maximum absolute atomic E-state index is 12.8. The molecule has 1 aliphatic heterocycles. The second kappa shape index (κ2) is 9.78. The van der Waals surface area contributed by atoms with Crippen LogP contribution in [0.4, 0.5) is 13.2 Å². The Morgan fingerprint density at radius 1 is 1.19 bits per heavy atom. The summed E-state index contributed by atoms with van der Waals surface area (Å²) in [5.74, 6) is 0.692. The topological polar surface area (TPSA) is 48.9 Å². The van der Waals surface area contributed by atoms with E-state index in [1.807, 2.05) is 0 Å². The molecular weight excluding hydrogens is 345 g/mol. The Kier molecular flexibility index (Phi) is 7.71. The molecule has 0 aliphatic carbocycles. The summed E-state index contributed by atoms with van der Waals surface area (Å²) in [7, 11) is 1.70. The summed E-state index contributed by atoms with van der Waals surface area (Å²) in [5.41, 5.74) is 0.216. The third kappa shape index (κ3) is 5.88. The highest BCUT2D eigenvalue weighted by Gasteiger charge is 2.31. The first kappa shape index (κ1) is 20.5. The molecule has 1 aliphatic rings. The first-order chi connectivity index (χ1) is 12.5. The highest BCUT2D eigenvalue weighted by atomic mass is 19.4. The van der Waals surface area contributed by atoms with E-state index >= 15 is 0 Å². The number of guanidine groups is 1. The minimum atomic E-state index is -4.32. The zero-order valence-corrected chi connectivity index (χ0v) is 15.3. The largest absolute Gasteiger partial charge is 0.416 e. The summed E-state index contributed by atoms with van der Waals surface area (Å²) in [5, 5.41) is 6.48. The zero-order chi connectivity index (χ0) is 19.0. The van der Waals surface area contributed by atoms with Crippen LogP contribution >= 0.6 is 0 Å². The molecule has 5 nitrogen and oxygen atoms in total. The normalized spacial score (nSPS) is 17.8. The predicted octanol–water partition coefficient (Wildman–Crippen LogP) is 2.65. The van der Waals surface area contributed by atoms with Crippen LogP contribution in [0.1, 0.15) is 30.5 Å². The molecule has 0 radical (unpaired) electrons. The summed E-state index contributed by atoms with van der Waals surface area (Å²) in [6.45, 7) is 6.17. The van der Waals surface area contributed by atoms with Gasteiger partial charge < -0.3 is 15.4 Å². The Balaban J connectivity index is 2.13. The number of alkyl halides is 3. The van der Waals surface area contributed by atoms with E-state index in [9.17, 15) is 13.2 Å². The van der Waals surface area contributed by atoms with Gasteiger partial charge in [-0.05, 0) is 24.1 Å². The minimum absolute atomic E-state index is 0.0543. The van der Waals surface area contributed by atoms with Crippen molar-refractivity contribution in [3.63, 3.8) is 0 Å². The van der Waals surface area contributed by atoms with Gasteiger partial charge in [0.1, 0.15) is 0 Å². The second-order valence-electron chi connectivity index (χ2n) is 6.16. The molecule has 0 aromatic heterocycles. The summed E-state index contributed by atoms with van der Waals surface area (Å²) in [6.07, 6.45) is -3.34. The number of benzene rings is 1.